The zero-order valence-corrected chi connectivity index (χ0v) is 19.9. The lowest BCUT2D eigenvalue weighted by molar-refractivity contribution is 0.0691. The molecule has 9 nitrogen and oxygen atoms in total. The number of aromatic carboxylic acids is 1. The Kier molecular flexibility index (Phi) is 5.92. The summed E-state index contributed by atoms with van der Waals surface area (Å²) in [7, 11) is -3.42. The van der Waals surface area contributed by atoms with Crippen LogP contribution in [0.15, 0.2) is 30.3 Å². The normalized spacial score (nSPS) is 17.5. The fourth-order valence-electron chi connectivity index (χ4n) is 3.92. The maximum Gasteiger partial charge on any atom is 0.352 e. The average Bonchev–Trinajstić information content (AvgIpc) is 3.22. The third kappa shape index (κ3) is 4.32. The first-order valence-electron chi connectivity index (χ1n) is 10.8. The lowest BCUT2D eigenvalue weighted by Crippen LogP contribution is -2.45. The van der Waals surface area contributed by atoms with Crippen LogP contribution in [0.4, 0.5) is 5.82 Å². The first kappa shape index (κ1) is 23.2. The monoisotopic (exact) mass is 472 g/mol. The second-order valence-corrected chi connectivity index (χ2v) is 11.4. The molecular formula is C23H28N4O5S. The van der Waals surface area contributed by atoms with E-state index in [1.165, 1.54) is 12.3 Å². The second-order valence-electron chi connectivity index (χ2n) is 8.83. The highest BCUT2D eigenvalue weighted by molar-refractivity contribution is 7.91. The van der Waals surface area contributed by atoms with Gasteiger partial charge < -0.3 is 19.7 Å². The van der Waals surface area contributed by atoms with Crippen LogP contribution in [0.3, 0.4) is 0 Å². The first-order chi connectivity index (χ1) is 15.5. The molecular weight excluding hydrogens is 444 g/mol. The number of carboxylic acids is 1. The number of rotatable bonds is 6. The Bertz CT molecular complexity index is 1320. The summed E-state index contributed by atoms with van der Waals surface area (Å²) < 4.78 is 29.7. The molecule has 33 heavy (non-hydrogen) atoms. The van der Waals surface area contributed by atoms with Gasteiger partial charge in [-0.25, -0.2) is 23.2 Å². The number of hydrogen-bond donors (Lipinski definition) is 2. The second kappa shape index (κ2) is 8.42. The summed E-state index contributed by atoms with van der Waals surface area (Å²) in [6.07, 6.45) is 2.09. The van der Waals surface area contributed by atoms with E-state index in [1.807, 2.05) is 6.07 Å². The number of aromatic nitrogens is 3. The van der Waals surface area contributed by atoms with Gasteiger partial charge >= 0.3 is 5.97 Å². The third-order valence-corrected chi connectivity index (χ3v) is 8.48. The van der Waals surface area contributed by atoms with Gasteiger partial charge in [0.05, 0.1) is 46.4 Å². The van der Waals surface area contributed by atoms with Crippen LogP contribution in [0.5, 0.6) is 0 Å². The predicted octanol–water partition coefficient (Wildman–Crippen LogP) is 3.22. The maximum atomic E-state index is 12.6. The number of fused-ring (bicyclic) bond motifs is 1. The van der Waals surface area contributed by atoms with Gasteiger partial charge in [0.2, 0.25) is 0 Å². The summed E-state index contributed by atoms with van der Waals surface area (Å²) in [6, 6.07) is 8.71. The van der Waals surface area contributed by atoms with Crippen molar-refractivity contribution >= 4 is 32.7 Å². The number of hydrogen-bond acceptors (Lipinski definition) is 7. The van der Waals surface area contributed by atoms with Gasteiger partial charge in [0.25, 0.3) is 0 Å². The number of sulfone groups is 1. The smallest absolute Gasteiger partial charge is 0.352 e. The molecule has 1 aliphatic heterocycles. The third-order valence-electron chi connectivity index (χ3n) is 6.40. The van der Waals surface area contributed by atoms with E-state index >= 15 is 0 Å². The molecule has 4 heterocycles. The molecule has 1 aliphatic rings. The molecule has 1 atom stereocenters. The molecule has 0 radical (unpaired) electrons. The van der Waals surface area contributed by atoms with Crippen LogP contribution < -0.4 is 4.90 Å². The molecule has 4 rings (SSSR count). The largest absolute Gasteiger partial charge is 0.477 e. The molecule has 0 bridgehead atoms. The molecule has 0 amide bonds. The zero-order chi connectivity index (χ0) is 24.0. The summed E-state index contributed by atoms with van der Waals surface area (Å²) in [5.74, 6) is -0.388. The standard InChI is InChI=1S/C23H28N4O5S/c1-5-15-13-32-9-8-27(15)21-11-14(23(2,3)33(4,30)31)10-18(26-21)16-6-7-17-19(24-16)12-20(25-17)22(28)29/h6-7,10-12,15,25H,5,8-9,13H2,1-4H3,(H,28,29). The van der Waals surface area contributed by atoms with E-state index in [0.29, 0.717) is 53.6 Å². The van der Waals surface area contributed by atoms with E-state index in [-0.39, 0.29) is 11.7 Å². The van der Waals surface area contributed by atoms with Gasteiger partial charge in [-0.3, -0.25) is 0 Å². The Morgan fingerprint density at radius 2 is 2.00 bits per heavy atom. The number of carbonyl (C=O) groups is 1. The summed E-state index contributed by atoms with van der Waals surface area (Å²) >= 11 is 0. The summed E-state index contributed by atoms with van der Waals surface area (Å²) in [6.45, 7) is 7.25. The van der Waals surface area contributed by atoms with Crippen LogP contribution in [0.1, 0.15) is 43.2 Å². The molecule has 1 unspecified atom stereocenters. The van der Waals surface area contributed by atoms with Crippen LogP contribution in [-0.4, -0.2) is 66.5 Å². The quantitative estimate of drug-likeness (QED) is 0.560. The number of morpholine rings is 1. The Morgan fingerprint density at radius 1 is 1.24 bits per heavy atom. The van der Waals surface area contributed by atoms with Gasteiger partial charge in [-0.1, -0.05) is 6.92 Å². The molecule has 0 aliphatic carbocycles. The van der Waals surface area contributed by atoms with Crippen LogP contribution in [0, 0.1) is 0 Å². The van der Waals surface area contributed by atoms with Crippen molar-refractivity contribution in [1.29, 1.82) is 0 Å². The van der Waals surface area contributed by atoms with Gasteiger partial charge in [0.15, 0.2) is 9.84 Å². The highest BCUT2D eigenvalue weighted by Crippen LogP contribution is 2.35. The van der Waals surface area contributed by atoms with Crippen molar-refractivity contribution < 1.29 is 23.1 Å². The van der Waals surface area contributed by atoms with Crippen molar-refractivity contribution in [2.45, 2.75) is 38.0 Å². The number of pyridine rings is 2. The summed E-state index contributed by atoms with van der Waals surface area (Å²) in [5, 5.41) is 9.26. The molecule has 3 aromatic heterocycles. The topological polar surface area (TPSA) is 125 Å². The van der Waals surface area contributed by atoms with Crippen LogP contribution in [0.25, 0.3) is 22.4 Å². The fraction of sp³-hybridized carbons (Fsp3) is 0.435. The van der Waals surface area contributed by atoms with Crippen molar-refractivity contribution in [3.05, 3.63) is 41.6 Å². The molecule has 2 N–H and O–H groups in total. The Morgan fingerprint density at radius 3 is 2.67 bits per heavy atom. The van der Waals surface area contributed by atoms with E-state index in [1.54, 1.807) is 32.0 Å². The lowest BCUT2D eigenvalue weighted by Gasteiger charge is -2.37. The number of anilines is 1. The average molecular weight is 473 g/mol. The molecule has 1 saturated heterocycles. The van der Waals surface area contributed by atoms with Crippen molar-refractivity contribution in [3.8, 4) is 11.4 Å². The number of H-pyrrole nitrogens is 1. The summed E-state index contributed by atoms with van der Waals surface area (Å²) in [4.78, 5) is 25.8. The van der Waals surface area contributed by atoms with E-state index in [4.69, 9.17) is 9.72 Å². The number of nitrogens with zero attached hydrogens (tertiary/aromatic N) is 3. The minimum atomic E-state index is -3.42. The molecule has 3 aromatic rings. The van der Waals surface area contributed by atoms with Crippen molar-refractivity contribution in [1.82, 2.24) is 15.0 Å². The highest BCUT2D eigenvalue weighted by Gasteiger charge is 2.34. The zero-order valence-electron chi connectivity index (χ0n) is 19.1. The molecule has 0 saturated carbocycles. The van der Waals surface area contributed by atoms with Crippen LogP contribution in [-0.2, 0) is 19.3 Å². The van der Waals surface area contributed by atoms with Crippen molar-refractivity contribution in [2.24, 2.45) is 0 Å². The van der Waals surface area contributed by atoms with E-state index < -0.39 is 20.6 Å². The van der Waals surface area contributed by atoms with Gasteiger partial charge in [-0.05, 0) is 56.2 Å². The van der Waals surface area contributed by atoms with Crippen LogP contribution in [0.2, 0.25) is 0 Å². The minimum absolute atomic E-state index is 0.0503. The van der Waals surface area contributed by atoms with E-state index in [2.05, 4.69) is 21.8 Å². The maximum absolute atomic E-state index is 12.6. The number of aromatic amines is 1. The van der Waals surface area contributed by atoms with Crippen molar-refractivity contribution in [3.63, 3.8) is 0 Å². The van der Waals surface area contributed by atoms with Gasteiger partial charge in [0, 0.05) is 12.8 Å². The fourth-order valence-corrected chi connectivity index (χ4v) is 4.46. The van der Waals surface area contributed by atoms with Gasteiger partial charge in [0.1, 0.15) is 11.5 Å². The molecule has 176 valence electrons. The first-order valence-corrected chi connectivity index (χ1v) is 12.7. The number of nitrogens with one attached hydrogen (secondary N) is 1. The van der Waals surface area contributed by atoms with Gasteiger partial charge in [-0.2, -0.15) is 0 Å². The van der Waals surface area contributed by atoms with Crippen LogP contribution >= 0.6 is 0 Å². The van der Waals surface area contributed by atoms with Crippen molar-refractivity contribution in [2.75, 3.05) is 30.9 Å². The molecule has 0 aromatic carbocycles. The lowest BCUT2D eigenvalue weighted by atomic mass is 10.0. The number of carboxylic acid groups (broad SMARTS) is 1. The predicted molar refractivity (Wildman–Crippen MR) is 126 cm³/mol. The Hall–Kier alpha value is -2.98. The summed E-state index contributed by atoms with van der Waals surface area (Å²) in [5.41, 5.74) is 2.83. The number of ether oxygens (including phenoxy) is 1. The van der Waals surface area contributed by atoms with E-state index in [0.717, 1.165) is 6.42 Å². The minimum Gasteiger partial charge on any atom is -0.477 e. The van der Waals surface area contributed by atoms with Gasteiger partial charge in [-0.15, -0.1) is 0 Å². The molecule has 1 fully saturated rings. The SMILES string of the molecule is CCC1COCCN1c1cc(C(C)(C)S(C)(=O)=O)cc(-c2ccc3[nH]c(C(=O)O)cc3n2)n1. The Balaban J connectivity index is 1.89. The highest BCUT2D eigenvalue weighted by atomic mass is 32.2. The van der Waals surface area contributed by atoms with E-state index in [9.17, 15) is 18.3 Å². The Labute approximate surface area is 192 Å². The molecule has 0 spiro atoms. The molecule has 10 heteroatoms.